The third-order valence-corrected chi connectivity index (χ3v) is 4.52. The number of rotatable bonds is 6. The van der Waals surface area contributed by atoms with Gasteiger partial charge in [0.2, 0.25) is 11.8 Å². The van der Waals surface area contributed by atoms with E-state index < -0.39 is 0 Å². The lowest BCUT2D eigenvalue weighted by Gasteiger charge is -2.42. The Kier molecular flexibility index (Phi) is 4.72. The third-order valence-electron chi connectivity index (χ3n) is 4.52. The van der Waals surface area contributed by atoms with E-state index >= 15 is 0 Å². The molecule has 3 unspecified atom stereocenters. The van der Waals surface area contributed by atoms with Gasteiger partial charge in [0.1, 0.15) is 0 Å². The first kappa shape index (κ1) is 14.7. The molecule has 0 aromatic carbocycles. The summed E-state index contributed by atoms with van der Waals surface area (Å²) >= 11 is 0. The van der Waals surface area contributed by atoms with Crippen LogP contribution in [-0.4, -0.2) is 43.7 Å². The summed E-state index contributed by atoms with van der Waals surface area (Å²) in [5.41, 5.74) is 5.79. The van der Waals surface area contributed by atoms with Crippen LogP contribution in [0.1, 0.15) is 32.1 Å². The molecule has 0 aromatic heterocycles. The summed E-state index contributed by atoms with van der Waals surface area (Å²) in [6.45, 7) is 2.48. The molecule has 7 heteroatoms. The maximum absolute atomic E-state index is 11.8. The highest BCUT2D eigenvalue weighted by atomic mass is 16.2. The van der Waals surface area contributed by atoms with E-state index in [0.717, 1.165) is 45.2 Å². The number of fused-ring (bicyclic) bond motifs is 1. The first-order valence-corrected chi connectivity index (χ1v) is 8.05. The fourth-order valence-electron chi connectivity index (χ4n) is 3.11. The van der Waals surface area contributed by atoms with Gasteiger partial charge in [0.25, 0.3) is 0 Å². The van der Waals surface area contributed by atoms with Crippen molar-refractivity contribution >= 4 is 11.8 Å². The molecule has 3 fully saturated rings. The quantitative estimate of drug-likeness (QED) is 0.398. The first-order chi connectivity index (χ1) is 10.3. The lowest BCUT2D eigenvalue weighted by atomic mass is 9.87. The van der Waals surface area contributed by atoms with E-state index in [1.54, 1.807) is 0 Å². The average molecular weight is 295 g/mol. The zero-order valence-electron chi connectivity index (χ0n) is 12.3. The van der Waals surface area contributed by atoms with Gasteiger partial charge in [-0.05, 0) is 45.2 Å². The van der Waals surface area contributed by atoms with E-state index in [2.05, 4.69) is 26.8 Å². The largest absolute Gasteiger partial charge is 0.356 e. The second kappa shape index (κ2) is 6.72. The van der Waals surface area contributed by atoms with Crippen LogP contribution in [0, 0.1) is 11.8 Å². The summed E-state index contributed by atoms with van der Waals surface area (Å²) in [6.07, 6.45) is 5.03. The van der Waals surface area contributed by atoms with Gasteiger partial charge in [-0.2, -0.15) is 0 Å². The minimum atomic E-state index is 0.0482. The predicted molar refractivity (Wildman–Crippen MR) is 77.9 cm³/mol. The highest BCUT2D eigenvalue weighted by Crippen LogP contribution is 2.28. The fraction of sp³-hybridized carbons (Fsp3) is 0.857. The molecule has 3 atom stereocenters. The highest BCUT2D eigenvalue weighted by Gasteiger charge is 2.39. The Balaban J connectivity index is 1.36. The van der Waals surface area contributed by atoms with Crippen molar-refractivity contribution in [2.75, 3.05) is 19.6 Å². The molecule has 2 aliphatic heterocycles. The van der Waals surface area contributed by atoms with E-state index in [4.69, 9.17) is 0 Å². The smallest absolute Gasteiger partial charge is 0.238 e. The first-order valence-electron chi connectivity index (χ1n) is 8.05. The van der Waals surface area contributed by atoms with Crippen LogP contribution in [0.2, 0.25) is 0 Å². The van der Waals surface area contributed by atoms with Crippen LogP contribution in [0.25, 0.3) is 0 Å². The number of hydrogen-bond donors (Lipinski definition) is 5. The fourth-order valence-corrected chi connectivity index (χ4v) is 3.11. The van der Waals surface area contributed by atoms with Gasteiger partial charge in [-0.3, -0.25) is 20.3 Å². The molecule has 1 aliphatic carbocycles. The molecule has 2 saturated heterocycles. The van der Waals surface area contributed by atoms with Crippen molar-refractivity contribution in [3.63, 3.8) is 0 Å². The van der Waals surface area contributed by atoms with Crippen LogP contribution in [0.3, 0.4) is 0 Å². The van der Waals surface area contributed by atoms with Gasteiger partial charge in [-0.15, -0.1) is 0 Å². The molecule has 2 amide bonds. The van der Waals surface area contributed by atoms with E-state index in [0.29, 0.717) is 6.54 Å². The Hall–Kier alpha value is -1.18. The Morgan fingerprint density at radius 3 is 2.90 bits per heavy atom. The normalized spacial score (nSPS) is 32.2. The molecule has 3 aliphatic rings. The van der Waals surface area contributed by atoms with Crippen molar-refractivity contribution < 1.29 is 9.59 Å². The van der Waals surface area contributed by atoms with Crippen molar-refractivity contribution in [3.05, 3.63) is 0 Å². The van der Waals surface area contributed by atoms with E-state index in [-0.39, 0.29) is 35.9 Å². The maximum Gasteiger partial charge on any atom is 0.238 e. The van der Waals surface area contributed by atoms with Crippen molar-refractivity contribution in [3.8, 4) is 0 Å². The standard InChI is InChI=1S/C14H25N5O2/c20-13(9-4-5-9)17-8-2-7-16-12-11-10(3-1-6-15-11)14(21)19-18-12/h9-12,15-16,18H,1-8H2,(H,17,20)(H,19,21). The molecule has 0 aromatic rings. The minimum absolute atomic E-state index is 0.0482. The molecule has 0 bridgehead atoms. The van der Waals surface area contributed by atoms with E-state index in [1.165, 1.54) is 0 Å². The average Bonchev–Trinajstić information content (AvgIpc) is 3.34. The van der Waals surface area contributed by atoms with Gasteiger partial charge in [0, 0.05) is 18.5 Å². The zero-order valence-corrected chi connectivity index (χ0v) is 12.3. The molecular formula is C14H25N5O2. The Bertz CT molecular complexity index is 399. The molecule has 0 spiro atoms. The predicted octanol–water partition coefficient (Wildman–Crippen LogP) is -1.18. The Morgan fingerprint density at radius 1 is 1.24 bits per heavy atom. The van der Waals surface area contributed by atoms with Crippen LogP contribution in [0.5, 0.6) is 0 Å². The molecule has 2 heterocycles. The topological polar surface area (TPSA) is 94.3 Å². The second-order valence-corrected chi connectivity index (χ2v) is 6.21. The molecule has 0 radical (unpaired) electrons. The Morgan fingerprint density at radius 2 is 2.10 bits per heavy atom. The molecule has 7 nitrogen and oxygen atoms in total. The SMILES string of the molecule is O=C(NCCCNC1NNC(=O)C2CCCNC12)C1CC1. The van der Waals surface area contributed by atoms with Crippen LogP contribution < -0.4 is 26.8 Å². The monoisotopic (exact) mass is 295 g/mol. The van der Waals surface area contributed by atoms with Crippen LogP contribution >= 0.6 is 0 Å². The zero-order chi connectivity index (χ0) is 14.7. The van der Waals surface area contributed by atoms with Gasteiger partial charge in [-0.25, -0.2) is 5.43 Å². The number of piperidine rings is 1. The van der Waals surface area contributed by atoms with E-state index in [9.17, 15) is 9.59 Å². The summed E-state index contributed by atoms with van der Waals surface area (Å²) in [6, 6.07) is 0.147. The van der Waals surface area contributed by atoms with Crippen LogP contribution in [0.15, 0.2) is 0 Å². The van der Waals surface area contributed by atoms with Gasteiger partial charge in [0.15, 0.2) is 0 Å². The van der Waals surface area contributed by atoms with Crippen molar-refractivity contribution in [2.45, 2.75) is 44.3 Å². The summed E-state index contributed by atoms with van der Waals surface area (Å²) in [5.74, 6) is 0.612. The third kappa shape index (κ3) is 3.72. The summed E-state index contributed by atoms with van der Waals surface area (Å²) in [7, 11) is 0. The molecule has 3 rings (SSSR count). The molecule has 21 heavy (non-hydrogen) atoms. The van der Waals surface area contributed by atoms with Crippen LogP contribution in [0.4, 0.5) is 0 Å². The lowest BCUT2D eigenvalue weighted by molar-refractivity contribution is -0.131. The molecular weight excluding hydrogens is 270 g/mol. The maximum atomic E-state index is 11.8. The molecule has 1 saturated carbocycles. The van der Waals surface area contributed by atoms with Crippen molar-refractivity contribution in [1.82, 2.24) is 26.8 Å². The summed E-state index contributed by atoms with van der Waals surface area (Å²) in [4.78, 5) is 23.3. The van der Waals surface area contributed by atoms with E-state index in [1.807, 2.05) is 0 Å². The number of amides is 2. The lowest BCUT2D eigenvalue weighted by Crippen LogP contribution is -2.71. The molecule has 118 valence electrons. The van der Waals surface area contributed by atoms with Crippen molar-refractivity contribution in [2.24, 2.45) is 11.8 Å². The van der Waals surface area contributed by atoms with Gasteiger partial charge < -0.3 is 10.6 Å². The molecule has 5 N–H and O–H groups in total. The van der Waals surface area contributed by atoms with Gasteiger partial charge in [0.05, 0.1) is 12.1 Å². The number of hydrazine groups is 1. The summed E-state index contributed by atoms with van der Waals surface area (Å²) in [5, 5.41) is 9.81. The number of nitrogens with one attached hydrogen (secondary N) is 5. The number of carbonyl (C=O) groups is 2. The highest BCUT2D eigenvalue weighted by molar-refractivity contribution is 5.80. The van der Waals surface area contributed by atoms with Gasteiger partial charge >= 0.3 is 0 Å². The summed E-state index contributed by atoms with van der Waals surface area (Å²) < 4.78 is 0. The Labute approximate surface area is 125 Å². The second-order valence-electron chi connectivity index (χ2n) is 6.21. The van der Waals surface area contributed by atoms with Crippen molar-refractivity contribution in [1.29, 1.82) is 0 Å². The van der Waals surface area contributed by atoms with Crippen LogP contribution in [-0.2, 0) is 9.59 Å². The van der Waals surface area contributed by atoms with Gasteiger partial charge in [-0.1, -0.05) is 0 Å². The number of hydrogen-bond acceptors (Lipinski definition) is 5. The minimum Gasteiger partial charge on any atom is -0.356 e. The number of carbonyl (C=O) groups excluding carboxylic acids is 2.